The molecule has 39 valence electrons. The molecule has 0 amide bonds. The van der Waals surface area contributed by atoms with E-state index in [1.54, 1.807) is 0 Å². The van der Waals surface area contributed by atoms with Crippen molar-refractivity contribution in [2.24, 2.45) is 0 Å². The summed E-state index contributed by atoms with van der Waals surface area (Å²) in [5.74, 6) is 0. The Balaban J connectivity index is 2.67. The van der Waals surface area contributed by atoms with Crippen molar-refractivity contribution >= 4 is 6.08 Å². The summed E-state index contributed by atoms with van der Waals surface area (Å²) in [5, 5.41) is 0. The summed E-state index contributed by atoms with van der Waals surface area (Å²) in [6.45, 7) is 1.03. The number of hydrogen-bond acceptors (Lipinski definition) is 0. The van der Waals surface area contributed by atoms with E-state index in [9.17, 15) is 0 Å². The van der Waals surface area contributed by atoms with Gasteiger partial charge in [-0.05, 0) is 12.1 Å². The van der Waals surface area contributed by atoms with Gasteiger partial charge in [0.05, 0.1) is 0 Å². The highest BCUT2D eigenvalue weighted by atomic mass is 15.0. The normalized spacial score (nSPS) is 14.5. The third kappa shape index (κ3) is 0.360. The summed E-state index contributed by atoms with van der Waals surface area (Å²) in [6.07, 6.45) is 6.25. The molecule has 2 rings (SSSR count). The molecule has 1 aromatic heterocycles. The summed E-state index contributed by atoms with van der Waals surface area (Å²) < 4.78 is 2.15. The van der Waals surface area contributed by atoms with Crippen molar-refractivity contribution in [2.75, 3.05) is 0 Å². The zero-order chi connectivity index (χ0) is 5.40. The highest BCUT2D eigenvalue weighted by Gasteiger charge is 1.99. The SMILES string of the molecule is [c]1ccn2c1C=CC2. The third-order valence-corrected chi connectivity index (χ3v) is 1.37. The monoisotopic (exact) mass is 104 g/mol. The van der Waals surface area contributed by atoms with Crippen LogP contribution >= 0.6 is 0 Å². The topological polar surface area (TPSA) is 4.93 Å². The molecular weight excluding hydrogens is 98.1 g/mol. The molecule has 0 bridgehead atoms. The summed E-state index contributed by atoms with van der Waals surface area (Å²) in [5.41, 5.74) is 1.20. The van der Waals surface area contributed by atoms with E-state index in [1.165, 1.54) is 5.69 Å². The van der Waals surface area contributed by atoms with Crippen molar-refractivity contribution in [1.82, 2.24) is 4.57 Å². The second-order valence-electron chi connectivity index (χ2n) is 1.90. The molecule has 1 nitrogen and oxygen atoms in total. The van der Waals surface area contributed by atoms with Crippen LogP contribution in [-0.2, 0) is 6.54 Å². The van der Waals surface area contributed by atoms with Gasteiger partial charge in [-0.15, -0.1) is 0 Å². The summed E-state index contributed by atoms with van der Waals surface area (Å²) in [4.78, 5) is 0. The first kappa shape index (κ1) is 3.96. The second-order valence-corrected chi connectivity index (χ2v) is 1.90. The highest BCUT2D eigenvalue weighted by Crippen LogP contribution is 2.09. The van der Waals surface area contributed by atoms with Crippen LogP contribution in [0.25, 0.3) is 6.08 Å². The molecular formula is C7H6N. The molecule has 1 heteroatoms. The van der Waals surface area contributed by atoms with Crippen molar-refractivity contribution in [2.45, 2.75) is 6.54 Å². The van der Waals surface area contributed by atoms with Crippen LogP contribution in [0.15, 0.2) is 18.3 Å². The van der Waals surface area contributed by atoms with Crippen LogP contribution in [0.4, 0.5) is 0 Å². The van der Waals surface area contributed by atoms with Gasteiger partial charge in [-0.1, -0.05) is 6.08 Å². The molecule has 0 fully saturated rings. The Hall–Kier alpha value is -0.980. The van der Waals surface area contributed by atoms with Crippen LogP contribution in [0.5, 0.6) is 0 Å². The smallest absolute Gasteiger partial charge is 0.0487 e. The Morgan fingerprint density at radius 1 is 1.62 bits per heavy atom. The predicted molar refractivity (Wildman–Crippen MR) is 32.3 cm³/mol. The molecule has 0 N–H and O–H groups in total. The lowest BCUT2D eigenvalue weighted by molar-refractivity contribution is 0.847. The minimum atomic E-state index is 1.03. The molecule has 0 saturated carbocycles. The number of fused-ring (bicyclic) bond motifs is 1. The molecule has 0 atom stereocenters. The predicted octanol–water partition coefficient (Wildman–Crippen LogP) is 1.32. The average Bonchev–Trinajstić information content (AvgIpc) is 2.15. The van der Waals surface area contributed by atoms with Gasteiger partial charge in [0.2, 0.25) is 0 Å². The number of aromatic nitrogens is 1. The fourth-order valence-electron chi connectivity index (χ4n) is 0.957. The lowest BCUT2D eigenvalue weighted by atomic mass is 10.4. The number of nitrogens with zero attached hydrogens (tertiary/aromatic N) is 1. The first-order valence-corrected chi connectivity index (χ1v) is 2.70. The molecule has 0 unspecified atom stereocenters. The fourth-order valence-corrected chi connectivity index (χ4v) is 0.957. The minimum absolute atomic E-state index is 1.03. The summed E-state index contributed by atoms with van der Waals surface area (Å²) >= 11 is 0. The van der Waals surface area contributed by atoms with Gasteiger partial charge in [0.25, 0.3) is 0 Å². The van der Waals surface area contributed by atoms with E-state index in [0.717, 1.165) is 6.54 Å². The van der Waals surface area contributed by atoms with Gasteiger partial charge >= 0.3 is 0 Å². The summed E-state index contributed by atoms with van der Waals surface area (Å²) in [7, 11) is 0. The fraction of sp³-hybridized carbons (Fsp3) is 0.143. The molecule has 0 spiro atoms. The Kier molecular flexibility index (Phi) is 0.618. The van der Waals surface area contributed by atoms with E-state index in [-0.39, 0.29) is 0 Å². The van der Waals surface area contributed by atoms with E-state index in [2.05, 4.69) is 22.8 Å². The number of hydrogen-bond donors (Lipinski definition) is 0. The maximum Gasteiger partial charge on any atom is 0.0487 e. The Morgan fingerprint density at radius 3 is 3.50 bits per heavy atom. The Labute approximate surface area is 48.2 Å². The number of rotatable bonds is 0. The molecule has 1 aliphatic rings. The highest BCUT2D eigenvalue weighted by molar-refractivity contribution is 5.48. The molecule has 1 radical (unpaired) electrons. The van der Waals surface area contributed by atoms with E-state index >= 15 is 0 Å². The van der Waals surface area contributed by atoms with Gasteiger partial charge in [0.15, 0.2) is 0 Å². The molecule has 0 aliphatic carbocycles. The third-order valence-electron chi connectivity index (χ3n) is 1.37. The van der Waals surface area contributed by atoms with Crippen molar-refractivity contribution in [3.63, 3.8) is 0 Å². The molecule has 2 heterocycles. The van der Waals surface area contributed by atoms with Crippen LogP contribution in [0.3, 0.4) is 0 Å². The summed E-state index contributed by atoms with van der Waals surface area (Å²) in [6, 6.07) is 5.04. The second kappa shape index (κ2) is 1.25. The maximum atomic E-state index is 3.09. The molecule has 8 heavy (non-hydrogen) atoms. The first-order chi connectivity index (χ1) is 3.97. The molecule has 1 aliphatic heterocycles. The van der Waals surface area contributed by atoms with E-state index < -0.39 is 0 Å². The van der Waals surface area contributed by atoms with E-state index in [0.29, 0.717) is 0 Å². The molecule has 1 aromatic rings. The average molecular weight is 104 g/mol. The Bertz CT molecular complexity index is 220. The van der Waals surface area contributed by atoms with Crippen molar-refractivity contribution < 1.29 is 0 Å². The van der Waals surface area contributed by atoms with Gasteiger partial charge in [0.1, 0.15) is 0 Å². The van der Waals surface area contributed by atoms with Crippen LogP contribution in [0, 0.1) is 6.07 Å². The van der Waals surface area contributed by atoms with Gasteiger partial charge in [-0.2, -0.15) is 0 Å². The Morgan fingerprint density at radius 2 is 2.62 bits per heavy atom. The van der Waals surface area contributed by atoms with Crippen LogP contribution in [-0.4, -0.2) is 4.57 Å². The molecule has 0 aromatic carbocycles. The van der Waals surface area contributed by atoms with Crippen LogP contribution in [0.2, 0.25) is 0 Å². The van der Waals surface area contributed by atoms with Gasteiger partial charge in [0, 0.05) is 24.5 Å². The van der Waals surface area contributed by atoms with Gasteiger partial charge < -0.3 is 4.57 Å². The van der Waals surface area contributed by atoms with Crippen LogP contribution < -0.4 is 0 Å². The first-order valence-electron chi connectivity index (χ1n) is 2.70. The number of allylic oxidation sites excluding steroid dienone is 1. The van der Waals surface area contributed by atoms with Crippen molar-refractivity contribution in [3.05, 3.63) is 30.1 Å². The van der Waals surface area contributed by atoms with Crippen LogP contribution in [0.1, 0.15) is 5.69 Å². The zero-order valence-corrected chi connectivity index (χ0v) is 4.46. The van der Waals surface area contributed by atoms with Gasteiger partial charge in [-0.3, -0.25) is 0 Å². The standard InChI is InChI=1S/C7H6N/c1-3-7-4-2-6-8(7)5-1/h1-3,6H,5H2. The minimum Gasteiger partial charge on any atom is -0.344 e. The maximum absolute atomic E-state index is 3.09. The lowest BCUT2D eigenvalue weighted by Crippen LogP contribution is -1.87. The van der Waals surface area contributed by atoms with E-state index in [4.69, 9.17) is 0 Å². The van der Waals surface area contributed by atoms with Gasteiger partial charge in [-0.25, -0.2) is 0 Å². The lowest BCUT2D eigenvalue weighted by Gasteiger charge is -1.90. The van der Waals surface area contributed by atoms with E-state index in [1.807, 2.05) is 12.3 Å². The quantitative estimate of drug-likeness (QED) is 0.467. The van der Waals surface area contributed by atoms with Crippen molar-refractivity contribution in [3.8, 4) is 0 Å². The largest absolute Gasteiger partial charge is 0.344 e. The zero-order valence-electron chi connectivity index (χ0n) is 4.46. The molecule has 0 saturated heterocycles. The van der Waals surface area contributed by atoms with Crippen molar-refractivity contribution in [1.29, 1.82) is 0 Å².